The number of methoxy groups -OCH3 is 2. The first kappa shape index (κ1) is 25.8. The third-order valence-electron chi connectivity index (χ3n) is 1.62. The summed E-state index contributed by atoms with van der Waals surface area (Å²) in [7, 11) is 4.60. The van der Waals surface area contributed by atoms with E-state index >= 15 is 0 Å². The summed E-state index contributed by atoms with van der Waals surface area (Å²) < 4.78 is 8.36. The molecule has 0 aliphatic carbocycles. The lowest BCUT2D eigenvalue weighted by atomic mass is 10.4. The van der Waals surface area contributed by atoms with Crippen molar-refractivity contribution in [2.24, 2.45) is 0 Å². The SMILES string of the molecule is CCC.COC.COC(C)=O.c1ccccc1.c1ccccc1. The minimum Gasteiger partial charge on any atom is -0.469 e. The third kappa shape index (κ3) is 45.0. The summed E-state index contributed by atoms with van der Waals surface area (Å²) in [6, 6.07) is 24.0. The van der Waals surface area contributed by atoms with E-state index in [-0.39, 0.29) is 5.97 Å². The van der Waals surface area contributed by atoms with Crippen LogP contribution in [0.25, 0.3) is 0 Å². The van der Waals surface area contributed by atoms with Crippen LogP contribution in [0.2, 0.25) is 0 Å². The monoisotopic (exact) mass is 320 g/mol. The van der Waals surface area contributed by atoms with Gasteiger partial charge in [0.05, 0.1) is 7.11 Å². The van der Waals surface area contributed by atoms with Gasteiger partial charge in [0, 0.05) is 21.1 Å². The average Bonchev–Trinajstić information content (AvgIpc) is 2.60. The average molecular weight is 320 g/mol. The van der Waals surface area contributed by atoms with Crippen LogP contribution in [-0.2, 0) is 14.3 Å². The van der Waals surface area contributed by atoms with Gasteiger partial charge in [-0.25, -0.2) is 0 Å². The van der Waals surface area contributed by atoms with Gasteiger partial charge in [-0.15, -0.1) is 0 Å². The first-order chi connectivity index (χ1) is 11.1. The van der Waals surface area contributed by atoms with Crippen molar-refractivity contribution < 1.29 is 14.3 Å². The lowest BCUT2D eigenvalue weighted by molar-refractivity contribution is -0.137. The zero-order valence-corrected chi connectivity index (χ0v) is 15.4. The van der Waals surface area contributed by atoms with Gasteiger partial charge in [-0.2, -0.15) is 0 Å². The molecule has 0 saturated heterocycles. The molecule has 0 unspecified atom stereocenters. The van der Waals surface area contributed by atoms with Crippen molar-refractivity contribution in [3.63, 3.8) is 0 Å². The topological polar surface area (TPSA) is 35.5 Å². The van der Waals surface area contributed by atoms with Crippen LogP contribution in [0.3, 0.4) is 0 Å². The van der Waals surface area contributed by atoms with Gasteiger partial charge in [0.1, 0.15) is 0 Å². The quantitative estimate of drug-likeness (QED) is 0.623. The molecule has 0 saturated carbocycles. The van der Waals surface area contributed by atoms with E-state index in [1.807, 2.05) is 72.8 Å². The molecule has 0 fully saturated rings. The molecule has 130 valence electrons. The Balaban J connectivity index is -0.000000226. The molecule has 23 heavy (non-hydrogen) atoms. The van der Waals surface area contributed by atoms with Gasteiger partial charge in [-0.1, -0.05) is 93.1 Å². The summed E-state index contributed by atoms with van der Waals surface area (Å²) in [5.74, 6) is -0.245. The molecule has 0 atom stereocenters. The maximum atomic E-state index is 9.59. The number of hydrogen-bond acceptors (Lipinski definition) is 3. The highest BCUT2D eigenvalue weighted by Gasteiger charge is 1.75. The Bertz CT molecular complexity index is 301. The first-order valence-electron chi connectivity index (χ1n) is 7.55. The lowest BCUT2D eigenvalue weighted by Gasteiger charge is -1.80. The third-order valence-corrected chi connectivity index (χ3v) is 1.62. The van der Waals surface area contributed by atoms with Crippen LogP contribution >= 0.6 is 0 Å². The van der Waals surface area contributed by atoms with Gasteiger partial charge in [0.15, 0.2) is 0 Å². The normalized spacial score (nSPS) is 7.22. The molecule has 2 rings (SSSR count). The van der Waals surface area contributed by atoms with Crippen LogP contribution < -0.4 is 0 Å². The molecular weight excluding hydrogens is 288 g/mol. The maximum absolute atomic E-state index is 9.59. The minimum absolute atomic E-state index is 0.245. The van der Waals surface area contributed by atoms with Crippen molar-refractivity contribution in [2.75, 3.05) is 21.3 Å². The van der Waals surface area contributed by atoms with Gasteiger partial charge < -0.3 is 9.47 Å². The summed E-state index contributed by atoms with van der Waals surface area (Å²) in [6.07, 6.45) is 1.25. The fourth-order valence-corrected chi connectivity index (χ4v) is 0.770. The van der Waals surface area contributed by atoms with Crippen molar-refractivity contribution >= 4 is 5.97 Å². The molecule has 0 aliphatic heterocycles. The van der Waals surface area contributed by atoms with Crippen molar-refractivity contribution in [3.05, 3.63) is 72.8 Å². The molecule has 3 nitrogen and oxygen atoms in total. The fraction of sp³-hybridized carbons (Fsp3) is 0.350. The minimum atomic E-state index is -0.245. The highest BCUT2D eigenvalue weighted by Crippen LogP contribution is 1.80. The number of carbonyl (C=O) groups excluding carboxylic acids is 1. The van der Waals surface area contributed by atoms with E-state index in [0.717, 1.165) is 0 Å². The zero-order valence-electron chi connectivity index (χ0n) is 15.4. The van der Waals surface area contributed by atoms with Crippen LogP contribution in [-0.4, -0.2) is 27.3 Å². The van der Waals surface area contributed by atoms with Crippen molar-refractivity contribution in [3.8, 4) is 0 Å². The van der Waals surface area contributed by atoms with Crippen molar-refractivity contribution in [2.45, 2.75) is 27.2 Å². The summed E-state index contributed by atoms with van der Waals surface area (Å²) in [6.45, 7) is 5.61. The molecule has 0 aromatic heterocycles. The molecule has 0 spiro atoms. The molecule has 0 bridgehead atoms. The smallest absolute Gasteiger partial charge is 0.302 e. The predicted molar refractivity (Wildman–Crippen MR) is 99.5 cm³/mol. The maximum Gasteiger partial charge on any atom is 0.302 e. The Morgan fingerprint density at radius 3 is 0.783 bits per heavy atom. The summed E-state index contributed by atoms with van der Waals surface area (Å²) in [4.78, 5) is 9.59. The fourth-order valence-electron chi connectivity index (χ4n) is 0.770. The Morgan fingerprint density at radius 1 is 0.652 bits per heavy atom. The summed E-state index contributed by atoms with van der Waals surface area (Å²) in [5.41, 5.74) is 0. The summed E-state index contributed by atoms with van der Waals surface area (Å²) in [5, 5.41) is 0. The number of hydrogen-bond donors (Lipinski definition) is 0. The molecule has 2 aromatic carbocycles. The highest BCUT2D eigenvalue weighted by molar-refractivity contribution is 5.65. The number of carbonyl (C=O) groups is 1. The van der Waals surface area contributed by atoms with E-state index < -0.39 is 0 Å². The second-order valence-corrected chi connectivity index (χ2v) is 4.12. The van der Waals surface area contributed by atoms with E-state index in [4.69, 9.17) is 0 Å². The number of benzene rings is 2. The van der Waals surface area contributed by atoms with Crippen LogP contribution in [0.5, 0.6) is 0 Å². The summed E-state index contributed by atoms with van der Waals surface area (Å²) >= 11 is 0. The number of esters is 1. The Hall–Kier alpha value is -2.13. The van der Waals surface area contributed by atoms with Gasteiger partial charge in [-0.05, 0) is 0 Å². The molecule has 0 radical (unpaired) electrons. The number of rotatable bonds is 0. The largest absolute Gasteiger partial charge is 0.469 e. The van der Waals surface area contributed by atoms with Crippen LogP contribution in [0.15, 0.2) is 72.8 Å². The van der Waals surface area contributed by atoms with Gasteiger partial charge >= 0.3 is 5.97 Å². The van der Waals surface area contributed by atoms with Crippen LogP contribution in [0.4, 0.5) is 0 Å². The standard InChI is InChI=1S/2C6H6.C3H6O2.C3H8.C2H6O/c2*1-2-4-6-5-3-1;1-3(4)5-2;2*1-3-2/h2*1-6H;1-2H3;3H2,1-2H3;1-2H3. The second-order valence-electron chi connectivity index (χ2n) is 4.12. The molecule has 0 aliphatic rings. The molecule has 0 heterocycles. The Morgan fingerprint density at radius 2 is 0.739 bits per heavy atom. The molecule has 3 heteroatoms. The first-order valence-corrected chi connectivity index (χ1v) is 7.55. The number of ether oxygens (including phenoxy) is 2. The predicted octanol–water partition coefficient (Wildman–Crippen LogP) is 5.23. The van der Waals surface area contributed by atoms with E-state index in [1.54, 1.807) is 14.2 Å². The Labute approximate surface area is 142 Å². The van der Waals surface area contributed by atoms with Gasteiger partial charge in [0.2, 0.25) is 0 Å². The van der Waals surface area contributed by atoms with Gasteiger partial charge in [-0.3, -0.25) is 4.79 Å². The molecular formula is C20H32O3. The van der Waals surface area contributed by atoms with E-state index in [1.165, 1.54) is 20.5 Å². The highest BCUT2D eigenvalue weighted by atomic mass is 16.5. The van der Waals surface area contributed by atoms with Crippen molar-refractivity contribution in [1.29, 1.82) is 0 Å². The molecule has 0 amide bonds. The van der Waals surface area contributed by atoms with E-state index in [9.17, 15) is 4.79 Å². The molecule has 2 aromatic rings. The van der Waals surface area contributed by atoms with E-state index in [2.05, 4.69) is 23.3 Å². The van der Waals surface area contributed by atoms with Gasteiger partial charge in [0.25, 0.3) is 0 Å². The van der Waals surface area contributed by atoms with E-state index in [0.29, 0.717) is 0 Å². The van der Waals surface area contributed by atoms with Crippen LogP contribution in [0.1, 0.15) is 27.2 Å². The Kier molecular flexibility index (Phi) is 31.5. The lowest BCUT2D eigenvalue weighted by Crippen LogP contribution is -1.88. The van der Waals surface area contributed by atoms with Crippen LogP contribution in [0, 0.1) is 0 Å². The second kappa shape index (κ2) is 28.1. The van der Waals surface area contributed by atoms with Crippen molar-refractivity contribution in [1.82, 2.24) is 0 Å². The molecule has 0 N–H and O–H groups in total. The zero-order chi connectivity index (χ0) is 18.2.